The molecule has 25 heavy (non-hydrogen) atoms. The van der Waals surface area contributed by atoms with Gasteiger partial charge >= 0.3 is 5.97 Å². The van der Waals surface area contributed by atoms with Gasteiger partial charge < -0.3 is 10.1 Å². The smallest absolute Gasteiger partial charge is 0.341 e. The van der Waals surface area contributed by atoms with Gasteiger partial charge in [-0.15, -0.1) is 0 Å². The number of amides is 1. The quantitative estimate of drug-likeness (QED) is 0.714. The molecule has 0 aliphatic rings. The van der Waals surface area contributed by atoms with Crippen LogP contribution >= 0.6 is 0 Å². The van der Waals surface area contributed by atoms with E-state index in [9.17, 15) is 18.0 Å². The molecular formula is C16H17N3O5S. The number of pyridine rings is 1. The first kappa shape index (κ1) is 18.6. The van der Waals surface area contributed by atoms with E-state index in [-0.39, 0.29) is 22.9 Å². The van der Waals surface area contributed by atoms with Crippen molar-refractivity contribution in [2.75, 3.05) is 18.5 Å². The fourth-order valence-corrected chi connectivity index (χ4v) is 2.90. The van der Waals surface area contributed by atoms with Crippen molar-refractivity contribution in [1.82, 2.24) is 9.71 Å². The first-order chi connectivity index (χ1) is 11.9. The van der Waals surface area contributed by atoms with Crippen molar-refractivity contribution in [3.8, 4) is 0 Å². The van der Waals surface area contributed by atoms with Gasteiger partial charge in [-0.25, -0.2) is 22.9 Å². The number of rotatable bonds is 7. The molecule has 132 valence electrons. The van der Waals surface area contributed by atoms with Gasteiger partial charge in [-0.1, -0.05) is 18.2 Å². The van der Waals surface area contributed by atoms with E-state index in [1.807, 2.05) is 0 Å². The Morgan fingerprint density at radius 2 is 1.84 bits per heavy atom. The lowest BCUT2D eigenvalue weighted by Crippen LogP contribution is -2.33. The molecule has 1 aromatic heterocycles. The highest BCUT2D eigenvalue weighted by Gasteiger charge is 2.18. The summed E-state index contributed by atoms with van der Waals surface area (Å²) in [4.78, 5) is 27.8. The minimum absolute atomic E-state index is 0.00450. The third kappa shape index (κ3) is 5.10. The summed E-state index contributed by atoms with van der Waals surface area (Å²) in [7, 11) is -3.81. The summed E-state index contributed by atoms with van der Waals surface area (Å²) in [6.45, 7) is 1.33. The maximum atomic E-state index is 12.1. The lowest BCUT2D eigenvalue weighted by atomic mass is 10.2. The Hall–Kier alpha value is -2.78. The number of sulfonamides is 1. The molecule has 1 aromatic carbocycles. The lowest BCUT2D eigenvalue weighted by Gasteiger charge is -2.10. The Kier molecular flexibility index (Phi) is 6.20. The maximum absolute atomic E-state index is 12.1. The number of nitrogens with one attached hydrogen (secondary N) is 2. The number of aromatic nitrogens is 1. The molecule has 0 saturated heterocycles. The summed E-state index contributed by atoms with van der Waals surface area (Å²) in [5.41, 5.74) is 0.0867. The van der Waals surface area contributed by atoms with Crippen LogP contribution in [0, 0.1) is 0 Å². The fourth-order valence-electron chi connectivity index (χ4n) is 1.90. The average molecular weight is 363 g/mol. The fraction of sp³-hybridized carbons (Fsp3) is 0.188. The third-order valence-electron chi connectivity index (χ3n) is 3.04. The van der Waals surface area contributed by atoms with E-state index in [1.54, 1.807) is 25.1 Å². The van der Waals surface area contributed by atoms with Gasteiger partial charge in [0.05, 0.1) is 18.0 Å². The molecule has 8 nitrogen and oxygen atoms in total. The van der Waals surface area contributed by atoms with Crippen LogP contribution < -0.4 is 10.0 Å². The van der Waals surface area contributed by atoms with Gasteiger partial charge in [0.1, 0.15) is 11.4 Å². The highest BCUT2D eigenvalue weighted by Crippen LogP contribution is 2.13. The zero-order valence-electron chi connectivity index (χ0n) is 13.4. The van der Waals surface area contributed by atoms with E-state index >= 15 is 0 Å². The minimum atomic E-state index is -3.81. The van der Waals surface area contributed by atoms with Crippen molar-refractivity contribution >= 4 is 27.7 Å². The number of carbonyl (C=O) groups excluding carboxylic acids is 2. The summed E-state index contributed by atoms with van der Waals surface area (Å²) in [5, 5.41) is 2.40. The molecule has 2 rings (SSSR count). The van der Waals surface area contributed by atoms with Crippen LogP contribution in [0.25, 0.3) is 0 Å². The Labute approximate surface area is 145 Å². The van der Waals surface area contributed by atoms with Crippen LogP contribution in [0.3, 0.4) is 0 Å². The molecule has 1 heterocycles. The monoisotopic (exact) mass is 363 g/mol. The molecule has 0 spiro atoms. The summed E-state index contributed by atoms with van der Waals surface area (Å²) < 4.78 is 31.2. The highest BCUT2D eigenvalue weighted by molar-refractivity contribution is 7.89. The van der Waals surface area contributed by atoms with Crippen LogP contribution in [-0.2, 0) is 19.6 Å². The van der Waals surface area contributed by atoms with Crippen LogP contribution in [0.4, 0.5) is 5.82 Å². The molecule has 0 bridgehead atoms. The van der Waals surface area contributed by atoms with E-state index in [0.717, 1.165) is 0 Å². The Bertz CT molecular complexity index is 853. The lowest BCUT2D eigenvalue weighted by molar-refractivity contribution is -0.115. The highest BCUT2D eigenvalue weighted by atomic mass is 32.2. The van der Waals surface area contributed by atoms with E-state index in [1.165, 1.54) is 30.5 Å². The van der Waals surface area contributed by atoms with Crippen molar-refractivity contribution < 1.29 is 22.7 Å². The molecule has 1 amide bonds. The minimum Gasteiger partial charge on any atom is -0.462 e. The molecule has 0 aliphatic carbocycles. The van der Waals surface area contributed by atoms with Crippen molar-refractivity contribution in [2.45, 2.75) is 11.8 Å². The van der Waals surface area contributed by atoms with Gasteiger partial charge in [0, 0.05) is 6.20 Å². The van der Waals surface area contributed by atoms with Gasteiger partial charge in [-0.05, 0) is 31.2 Å². The number of benzene rings is 1. The zero-order chi connectivity index (χ0) is 18.3. The number of anilines is 1. The number of hydrogen-bond donors (Lipinski definition) is 2. The topological polar surface area (TPSA) is 114 Å². The second kappa shape index (κ2) is 8.36. The van der Waals surface area contributed by atoms with Crippen LogP contribution in [0.1, 0.15) is 17.3 Å². The van der Waals surface area contributed by atoms with Crippen molar-refractivity contribution in [2.24, 2.45) is 0 Å². The van der Waals surface area contributed by atoms with Crippen molar-refractivity contribution in [1.29, 1.82) is 0 Å². The first-order valence-electron chi connectivity index (χ1n) is 7.40. The number of esters is 1. The summed E-state index contributed by atoms with van der Waals surface area (Å²) in [5.74, 6) is -1.29. The van der Waals surface area contributed by atoms with Gasteiger partial charge in [0.15, 0.2) is 0 Å². The number of carbonyl (C=O) groups is 2. The van der Waals surface area contributed by atoms with Crippen molar-refractivity contribution in [3.63, 3.8) is 0 Å². The van der Waals surface area contributed by atoms with Crippen LogP contribution in [0.15, 0.2) is 53.6 Å². The Morgan fingerprint density at radius 1 is 1.12 bits per heavy atom. The largest absolute Gasteiger partial charge is 0.462 e. The molecule has 2 aromatic rings. The normalized spacial score (nSPS) is 10.9. The second-order valence-electron chi connectivity index (χ2n) is 4.81. The molecule has 9 heteroatoms. The van der Waals surface area contributed by atoms with E-state index in [4.69, 9.17) is 4.74 Å². The van der Waals surface area contributed by atoms with Gasteiger partial charge in [-0.3, -0.25) is 4.79 Å². The molecule has 0 unspecified atom stereocenters. The standard InChI is InChI=1S/C16H17N3O5S/c1-2-24-16(21)13-9-6-10-17-15(13)19-14(20)11-18-25(22,23)12-7-4-3-5-8-12/h3-10,18H,2,11H2,1H3,(H,17,19,20). The predicted molar refractivity (Wildman–Crippen MR) is 90.5 cm³/mol. The third-order valence-corrected chi connectivity index (χ3v) is 4.45. The number of nitrogens with zero attached hydrogens (tertiary/aromatic N) is 1. The molecule has 0 radical (unpaired) electrons. The van der Waals surface area contributed by atoms with E-state index < -0.39 is 28.4 Å². The predicted octanol–water partition coefficient (Wildman–Crippen LogP) is 1.18. The summed E-state index contributed by atoms with van der Waals surface area (Å²) >= 11 is 0. The molecule has 0 atom stereocenters. The Morgan fingerprint density at radius 3 is 2.52 bits per heavy atom. The molecule has 2 N–H and O–H groups in total. The average Bonchev–Trinajstić information content (AvgIpc) is 2.61. The van der Waals surface area contributed by atoms with Crippen LogP contribution in [0.5, 0.6) is 0 Å². The Balaban J connectivity index is 2.03. The van der Waals surface area contributed by atoms with Gasteiger partial charge in [-0.2, -0.15) is 0 Å². The second-order valence-corrected chi connectivity index (χ2v) is 6.57. The zero-order valence-corrected chi connectivity index (χ0v) is 14.2. The maximum Gasteiger partial charge on any atom is 0.341 e. The van der Waals surface area contributed by atoms with Gasteiger partial charge in [0.25, 0.3) is 0 Å². The van der Waals surface area contributed by atoms with Gasteiger partial charge in [0.2, 0.25) is 15.9 Å². The number of ether oxygens (including phenoxy) is 1. The van der Waals surface area contributed by atoms with E-state index in [2.05, 4.69) is 15.0 Å². The first-order valence-corrected chi connectivity index (χ1v) is 8.89. The molecule has 0 aliphatic heterocycles. The summed E-state index contributed by atoms with van der Waals surface area (Å²) in [6.07, 6.45) is 1.40. The molecule has 0 saturated carbocycles. The van der Waals surface area contributed by atoms with Crippen molar-refractivity contribution in [3.05, 3.63) is 54.2 Å². The van der Waals surface area contributed by atoms with Crippen LogP contribution in [-0.4, -0.2) is 38.4 Å². The summed E-state index contributed by atoms with van der Waals surface area (Å²) in [6, 6.07) is 10.6. The SMILES string of the molecule is CCOC(=O)c1cccnc1NC(=O)CNS(=O)(=O)c1ccccc1. The van der Waals surface area contributed by atoms with E-state index in [0.29, 0.717) is 0 Å². The van der Waals surface area contributed by atoms with Crippen LogP contribution in [0.2, 0.25) is 0 Å². The molecular weight excluding hydrogens is 346 g/mol. The molecule has 0 fully saturated rings. The number of hydrogen-bond acceptors (Lipinski definition) is 6.